The minimum Gasteiger partial charge on any atom is -0.380 e. The van der Waals surface area contributed by atoms with E-state index in [1.807, 2.05) is 25.8 Å². The molecule has 1 atom stereocenters. The number of carbonyl (C=O) groups is 1. The molecule has 0 aliphatic rings. The van der Waals surface area contributed by atoms with Crippen molar-refractivity contribution in [2.45, 2.75) is 26.3 Å². The van der Waals surface area contributed by atoms with Gasteiger partial charge in [0.05, 0.1) is 12.6 Å². The highest BCUT2D eigenvalue weighted by atomic mass is 16.5. The number of nitrogens with two attached hydrogens (primary N) is 1. The van der Waals surface area contributed by atoms with Gasteiger partial charge in [0.25, 0.3) is 0 Å². The van der Waals surface area contributed by atoms with Crippen molar-refractivity contribution in [1.29, 1.82) is 0 Å². The monoisotopic (exact) mass is 188 g/mol. The molecule has 4 heteroatoms. The number of hydrogen-bond donors (Lipinski definition) is 1. The molecular weight excluding hydrogens is 168 g/mol. The van der Waals surface area contributed by atoms with Crippen LogP contribution in [-0.2, 0) is 9.53 Å². The molecule has 0 spiro atoms. The molecule has 1 amide bonds. The average molecular weight is 188 g/mol. The standard InChI is InChI=1S/C9H20N2O2/c1-4-8(9(10)12)11(3)6-7-13-5-2/h8H,4-7H2,1-3H3,(H2,10,12). The molecule has 2 N–H and O–H groups in total. The van der Waals surface area contributed by atoms with Crippen LogP contribution in [0.25, 0.3) is 0 Å². The Bertz CT molecular complexity index is 151. The van der Waals surface area contributed by atoms with Crippen LogP contribution in [0.4, 0.5) is 0 Å². The van der Waals surface area contributed by atoms with Crippen LogP contribution < -0.4 is 5.73 Å². The van der Waals surface area contributed by atoms with Crippen molar-refractivity contribution >= 4 is 5.91 Å². The quantitative estimate of drug-likeness (QED) is 0.581. The summed E-state index contributed by atoms with van der Waals surface area (Å²) in [6.45, 7) is 6.01. The minimum atomic E-state index is -0.263. The molecular formula is C9H20N2O2. The Balaban J connectivity index is 3.77. The van der Waals surface area contributed by atoms with Crippen LogP contribution in [-0.4, -0.2) is 43.7 Å². The molecule has 0 heterocycles. The second kappa shape index (κ2) is 6.86. The van der Waals surface area contributed by atoms with Crippen LogP contribution in [0.2, 0.25) is 0 Å². The van der Waals surface area contributed by atoms with Crippen molar-refractivity contribution in [2.75, 3.05) is 26.8 Å². The van der Waals surface area contributed by atoms with E-state index in [9.17, 15) is 4.79 Å². The highest BCUT2D eigenvalue weighted by molar-refractivity contribution is 5.79. The molecule has 0 aromatic carbocycles. The number of hydrogen-bond acceptors (Lipinski definition) is 3. The summed E-state index contributed by atoms with van der Waals surface area (Å²) in [4.78, 5) is 12.9. The third-order valence-corrected chi connectivity index (χ3v) is 2.04. The molecule has 13 heavy (non-hydrogen) atoms. The third kappa shape index (κ3) is 4.85. The molecule has 78 valence electrons. The molecule has 0 aromatic rings. The predicted molar refractivity (Wildman–Crippen MR) is 52.4 cm³/mol. The second-order valence-corrected chi connectivity index (χ2v) is 3.00. The molecule has 1 unspecified atom stereocenters. The lowest BCUT2D eigenvalue weighted by molar-refractivity contribution is -0.123. The summed E-state index contributed by atoms with van der Waals surface area (Å²) in [5.74, 6) is -0.263. The molecule has 0 fully saturated rings. The summed E-state index contributed by atoms with van der Waals surface area (Å²) in [5.41, 5.74) is 5.23. The van der Waals surface area contributed by atoms with Crippen molar-refractivity contribution in [2.24, 2.45) is 5.73 Å². The van der Waals surface area contributed by atoms with Crippen LogP contribution >= 0.6 is 0 Å². The van der Waals surface area contributed by atoms with Gasteiger partial charge in [-0.05, 0) is 20.4 Å². The number of nitrogens with zero attached hydrogens (tertiary/aromatic N) is 1. The molecule has 0 aliphatic heterocycles. The molecule has 0 radical (unpaired) electrons. The van der Waals surface area contributed by atoms with Gasteiger partial charge in [-0.25, -0.2) is 0 Å². The number of amides is 1. The van der Waals surface area contributed by atoms with Crippen molar-refractivity contribution in [1.82, 2.24) is 4.90 Å². The van der Waals surface area contributed by atoms with Crippen LogP contribution in [0, 0.1) is 0 Å². The van der Waals surface area contributed by atoms with Gasteiger partial charge in [-0.15, -0.1) is 0 Å². The zero-order valence-corrected chi connectivity index (χ0v) is 8.75. The molecule has 0 rings (SSSR count). The van der Waals surface area contributed by atoms with Crippen molar-refractivity contribution in [3.05, 3.63) is 0 Å². The summed E-state index contributed by atoms with van der Waals surface area (Å²) in [7, 11) is 1.89. The summed E-state index contributed by atoms with van der Waals surface area (Å²) >= 11 is 0. The number of primary amides is 1. The van der Waals surface area contributed by atoms with E-state index in [2.05, 4.69) is 0 Å². The van der Waals surface area contributed by atoms with Gasteiger partial charge >= 0.3 is 0 Å². The first-order chi connectivity index (χ1) is 6.13. The summed E-state index contributed by atoms with van der Waals surface area (Å²) in [5, 5.41) is 0. The summed E-state index contributed by atoms with van der Waals surface area (Å²) in [6, 6.07) is -0.166. The maximum absolute atomic E-state index is 10.9. The topological polar surface area (TPSA) is 55.6 Å². The lowest BCUT2D eigenvalue weighted by Crippen LogP contribution is -2.43. The van der Waals surface area contributed by atoms with Gasteiger partial charge in [-0.1, -0.05) is 6.92 Å². The Morgan fingerprint density at radius 2 is 2.15 bits per heavy atom. The maximum atomic E-state index is 10.9. The summed E-state index contributed by atoms with van der Waals surface area (Å²) < 4.78 is 5.18. The minimum absolute atomic E-state index is 0.166. The fraction of sp³-hybridized carbons (Fsp3) is 0.889. The maximum Gasteiger partial charge on any atom is 0.234 e. The van der Waals surface area contributed by atoms with E-state index < -0.39 is 0 Å². The van der Waals surface area contributed by atoms with Gasteiger partial charge in [0.2, 0.25) is 5.91 Å². The molecule has 0 aliphatic carbocycles. The van der Waals surface area contributed by atoms with Crippen LogP contribution in [0.5, 0.6) is 0 Å². The Morgan fingerprint density at radius 1 is 1.54 bits per heavy atom. The van der Waals surface area contributed by atoms with E-state index >= 15 is 0 Å². The van der Waals surface area contributed by atoms with Crippen LogP contribution in [0.1, 0.15) is 20.3 Å². The molecule has 0 aromatic heterocycles. The number of rotatable bonds is 7. The number of likely N-dealkylation sites (N-methyl/N-ethyl adjacent to an activating group) is 1. The zero-order valence-electron chi connectivity index (χ0n) is 8.75. The van der Waals surface area contributed by atoms with E-state index in [1.165, 1.54) is 0 Å². The largest absolute Gasteiger partial charge is 0.380 e. The number of ether oxygens (including phenoxy) is 1. The molecule has 0 saturated carbocycles. The number of carbonyl (C=O) groups excluding carboxylic acids is 1. The predicted octanol–water partition coefficient (Wildman–Crippen LogP) is 0.219. The first-order valence-corrected chi connectivity index (χ1v) is 4.70. The van der Waals surface area contributed by atoms with E-state index in [0.29, 0.717) is 13.2 Å². The van der Waals surface area contributed by atoms with Gasteiger partial charge in [-0.2, -0.15) is 0 Å². The lowest BCUT2D eigenvalue weighted by Gasteiger charge is -2.23. The Hall–Kier alpha value is -0.610. The molecule has 4 nitrogen and oxygen atoms in total. The molecule has 0 saturated heterocycles. The van der Waals surface area contributed by atoms with Crippen molar-refractivity contribution in [3.8, 4) is 0 Å². The third-order valence-electron chi connectivity index (χ3n) is 2.04. The first kappa shape index (κ1) is 12.4. The Kier molecular flexibility index (Phi) is 6.54. The Morgan fingerprint density at radius 3 is 2.54 bits per heavy atom. The van der Waals surface area contributed by atoms with Gasteiger partial charge in [0, 0.05) is 13.2 Å². The Labute approximate surface area is 80.0 Å². The van der Waals surface area contributed by atoms with Crippen LogP contribution in [0.3, 0.4) is 0 Å². The van der Waals surface area contributed by atoms with E-state index in [1.54, 1.807) is 0 Å². The fourth-order valence-electron chi connectivity index (χ4n) is 1.24. The van der Waals surface area contributed by atoms with E-state index in [-0.39, 0.29) is 11.9 Å². The normalized spacial score (nSPS) is 13.2. The molecule has 0 bridgehead atoms. The average Bonchev–Trinajstić information content (AvgIpc) is 2.05. The van der Waals surface area contributed by atoms with Gasteiger partial charge < -0.3 is 10.5 Å². The fourth-order valence-corrected chi connectivity index (χ4v) is 1.24. The van der Waals surface area contributed by atoms with Crippen molar-refractivity contribution in [3.63, 3.8) is 0 Å². The second-order valence-electron chi connectivity index (χ2n) is 3.00. The smallest absolute Gasteiger partial charge is 0.234 e. The SMILES string of the molecule is CCOCCN(C)C(CC)C(N)=O. The lowest BCUT2D eigenvalue weighted by atomic mass is 10.2. The van der Waals surface area contributed by atoms with Gasteiger partial charge in [0.15, 0.2) is 0 Å². The summed E-state index contributed by atoms with van der Waals surface area (Å²) in [6.07, 6.45) is 0.748. The first-order valence-electron chi connectivity index (χ1n) is 4.70. The highest BCUT2D eigenvalue weighted by Crippen LogP contribution is 1.99. The van der Waals surface area contributed by atoms with E-state index in [0.717, 1.165) is 13.0 Å². The van der Waals surface area contributed by atoms with Gasteiger partial charge in [0.1, 0.15) is 0 Å². The van der Waals surface area contributed by atoms with Crippen LogP contribution in [0.15, 0.2) is 0 Å². The van der Waals surface area contributed by atoms with Crippen molar-refractivity contribution < 1.29 is 9.53 Å². The van der Waals surface area contributed by atoms with E-state index in [4.69, 9.17) is 10.5 Å². The zero-order chi connectivity index (χ0) is 10.3. The van der Waals surface area contributed by atoms with Gasteiger partial charge in [-0.3, -0.25) is 9.69 Å². The highest BCUT2D eigenvalue weighted by Gasteiger charge is 2.17.